The van der Waals surface area contributed by atoms with Crippen molar-refractivity contribution in [3.8, 4) is 0 Å². The Hall–Kier alpha value is -2.21. The number of hydrogen-bond donors (Lipinski definition) is 0. The van der Waals surface area contributed by atoms with Crippen LogP contribution in [0.25, 0.3) is 0 Å². The van der Waals surface area contributed by atoms with Crippen molar-refractivity contribution in [1.82, 2.24) is 0 Å². The fourth-order valence-corrected chi connectivity index (χ4v) is 2.39. The Morgan fingerprint density at radius 2 is 1.89 bits per heavy atom. The van der Waals surface area contributed by atoms with E-state index in [-0.39, 0.29) is 11.3 Å². The largest absolute Gasteiger partial charge is 0.298 e. The van der Waals surface area contributed by atoms with Gasteiger partial charge in [0, 0.05) is 27.5 Å². The molecule has 0 radical (unpaired) electrons. The highest BCUT2D eigenvalue weighted by Gasteiger charge is 2.12. The van der Waals surface area contributed by atoms with Gasteiger partial charge in [0.05, 0.1) is 4.92 Å². The number of non-ortho nitro benzene ring substituents is 1. The van der Waals surface area contributed by atoms with Gasteiger partial charge in [0.2, 0.25) is 0 Å². The maximum absolute atomic E-state index is 13.5. The topological polar surface area (TPSA) is 60.2 Å². The number of carbonyl (C=O) groups excluding carboxylic acids is 1. The molecule has 0 aliphatic carbocycles. The number of nitrogens with zero attached hydrogens (tertiary/aromatic N) is 1. The van der Waals surface area contributed by atoms with Crippen LogP contribution in [0.5, 0.6) is 0 Å². The lowest BCUT2D eigenvalue weighted by atomic mass is 10.2. The second kappa shape index (κ2) is 5.62. The molecule has 0 unspecified atom stereocenters. The zero-order valence-electron chi connectivity index (χ0n) is 9.58. The van der Waals surface area contributed by atoms with E-state index in [9.17, 15) is 19.3 Å². The van der Waals surface area contributed by atoms with Crippen LogP contribution in [0.1, 0.15) is 10.4 Å². The third-order valence-corrected chi connectivity index (χ3v) is 3.53. The van der Waals surface area contributed by atoms with Gasteiger partial charge in [-0.25, -0.2) is 4.39 Å². The molecular formula is C13H8FNO3S. The molecule has 0 aliphatic rings. The summed E-state index contributed by atoms with van der Waals surface area (Å²) in [7, 11) is 0. The van der Waals surface area contributed by atoms with Gasteiger partial charge in [0.1, 0.15) is 5.82 Å². The number of aldehydes is 1. The molecule has 2 aromatic rings. The minimum atomic E-state index is -0.579. The number of halogens is 1. The summed E-state index contributed by atoms with van der Waals surface area (Å²) in [6.45, 7) is 0. The molecular weight excluding hydrogens is 269 g/mol. The molecule has 0 spiro atoms. The first-order valence-corrected chi connectivity index (χ1v) is 6.09. The van der Waals surface area contributed by atoms with E-state index in [0.29, 0.717) is 16.1 Å². The van der Waals surface area contributed by atoms with E-state index in [0.717, 1.165) is 11.8 Å². The summed E-state index contributed by atoms with van der Waals surface area (Å²) in [5, 5.41) is 10.6. The molecule has 0 heterocycles. The second-order valence-corrected chi connectivity index (χ2v) is 4.71. The van der Waals surface area contributed by atoms with Crippen LogP contribution in [0.15, 0.2) is 52.3 Å². The highest BCUT2D eigenvalue weighted by molar-refractivity contribution is 7.99. The summed E-state index contributed by atoms with van der Waals surface area (Å²) in [6, 6.07) is 10.0. The van der Waals surface area contributed by atoms with Crippen molar-refractivity contribution in [2.24, 2.45) is 0 Å². The first kappa shape index (κ1) is 13.2. The Morgan fingerprint density at radius 1 is 1.16 bits per heavy atom. The number of hydrogen-bond acceptors (Lipinski definition) is 4. The molecule has 0 atom stereocenters. The second-order valence-electron chi connectivity index (χ2n) is 3.63. The molecule has 0 aliphatic heterocycles. The Labute approximate surface area is 112 Å². The molecule has 0 bridgehead atoms. The van der Waals surface area contributed by atoms with Crippen LogP contribution in [-0.4, -0.2) is 11.2 Å². The first-order chi connectivity index (χ1) is 9.11. The zero-order valence-corrected chi connectivity index (χ0v) is 10.4. The van der Waals surface area contributed by atoms with Crippen molar-refractivity contribution in [1.29, 1.82) is 0 Å². The molecule has 0 fully saturated rings. The highest BCUT2D eigenvalue weighted by atomic mass is 32.2. The van der Waals surface area contributed by atoms with Crippen LogP contribution in [0, 0.1) is 15.9 Å². The number of carbonyl (C=O) groups is 1. The van der Waals surface area contributed by atoms with Crippen LogP contribution < -0.4 is 0 Å². The minimum absolute atomic E-state index is 0.167. The molecule has 96 valence electrons. The number of nitro groups is 1. The lowest BCUT2D eigenvalue weighted by molar-refractivity contribution is -0.384. The molecule has 2 rings (SSSR count). The molecule has 0 saturated heterocycles. The van der Waals surface area contributed by atoms with Crippen molar-refractivity contribution in [3.63, 3.8) is 0 Å². The summed E-state index contributed by atoms with van der Waals surface area (Å²) in [5.74, 6) is -0.400. The molecule has 0 aromatic heterocycles. The zero-order chi connectivity index (χ0) is 13.8. The van der Waals surface area contributed by atoms with E-state index in [1.165, 1.54) is 24.3 Å². The van der Waals surface area contributed by atoms with Gasteiger partial charge >= 0.3 is 0 Å². The average molecular weight is 277 g/mol. The van der Waals surface area contributed by atoms with Crippen molar-refractivity contribution < 1.29 is 14.1 Å². The SMILES string of the molecule is O=Cc1cc([N+](=O)[O-])ccc1Sc1ccccc1F. The predicted octanol–water partition coefficient (Wildman–Crippen LogP) is 3.70. The van der Waals surface area contributed by atoms with E-state index in [2.05, 4.69) is 0 Å². The van der Waals surface area contributed by atoms with E-state index in [4.69, 9.17) is 0 Å². The molecule has 0 amide bonds. The third-order valence-electron chi connectivity index (χ3n) is 2.39. The summed E-state index contributed by atoms with van der Waals surface area (Å²) in [5.41, 5.74) is 0.00226. The molecule has 2 aromatic carbocycles. The van der Waals surface area contributed by atoms with Gasteiger partial charge in [-0.05, 0) is 18.2 Å². The fraction of sp³-hybridized carbons (Fsp3) is 0. The standard InChI is InChI=1S/C13H8FNO3S/c14-11-3-1-2-4-13(11)19-12-6-5-10(15(17)18)7-9(12)8-16/h1-8H. The normalized spacial score (nSPS) is 10.2. The highest BCUT2D eigenvalue weighted by Crippen LogP contribution is 2.33. The van der Waals surface area contributed by atoms with Gasteiger partial charge in [-0.3, -0.25) is 14.9 Å². The molecule has 19 heavy (non-hydrogen) atoms. The van der Waals surface area contributed by atoms with Crippen LogP contribution >= 0.6 is 11.8 Å². The Morgan fingerprint density at radius 3 is 2.53 bits per heavy atom. The number of rotatable bonds is 4. The molecule has 6 heteroatoms. The summed E-state index contributed by atoms with van der Waals surface area (Å²) in [6.07, 6.45) is 0.524. The van der Waals surface area contributed by atoms with Crippen molar-refractivity contribution in [2.75, 3.05) is 0 Å². The minimum Gasteiger partial charge on any atom is -0.298 e. The van der Waals surface area contributed by atoms with Crippen LogP contribution in [-0.2, 0) is 0 Å². The summed E-state index contributed by atoms with van der Waals surface area (Å²) < 4.78 is 13.5. The molecule has 0 N–H and O–H groups in total. The molecule has 4 nitrogen and oxygen atoms in total. The van der Waals surface area contributed by atoms with Crippen LogP contribution in [0.3, 0.4) is 0 Å². The van der Waals surface area contributed by atoms with Crippen LogP contribution in [0.2, 0.25) is 0 Å². The van der Waals surface area contributed by atoms with E-state index >= 15 is 0 Å². The Kier molecular flexibility index (Phi) is 3.91. The van der Waals surface area contributed by atoms with Crippen molar-refractivity contribution >= 4 is 23.7 Å². The van der Waals surface area contributed by atoms with E-state index < -0.39 is 10.7 Å². The van der Waals surface area contributed by atoms with Gasteiger partial charge in [-0.15, -0.1) is 0 Å². The third kappa shape index (κ3) is 2.97. The lowest BCUT2D eigenvalue weighted by Crippen LogP contribution is -1.92. The Balaban J connectivity index is 2.38. The summed E-state index contributed by atoms with van der Waals surface area (Å²) >= 11 is 1.06. The maximum atomic E-state index is 13.5. The number of benzene rings is 2. The van der Waals surface area contributed by atoms with Crippen LogP contribution in [0.4, 0.5) is 10.1 Å². The first-order valence-electron chi connectivity index (χ1n) is 5.28. The lowest BCUT2D eigenvalue weighted by Gasteiger charge is -2.05. The monoisotopic (exact) mass is 277 g/mol. The quantitative estimate of drug-likeness (QED) is 0.485. The molecule has 0 saturated carbocycles. The fourth-order valence-electron chi connectivity index (χ4n) is 1.48. The van der Waals surface area contributed by atoms with Gasteiger partial charge in [0.25, 0.3) is 5.69 Å². The van der Waals surface area contributed by atoms with Gasteiger partial charge in [-0.1, -0.05) is 23.9 Å². The Bertz CT molecular complexity index is 646. The smallest absolute Gasteiger partial charge is 0.270 e. The van der Waals surface area contributed by atoms with Crippen molar-refractivity contribution in [3.05, 3.63) is 64.0 Å². The summed E-state index contributed by atoms with van der Waals surface area (Å²) in [4.78, 5) is 21.8. The van der Waals surface area contributed by atoms with Crippen molar-refractivity contribution in [2.45, 2.75) is 9.79 Å². The van der Waals surface area contributed by atoms with E-state index in [1.807, 2.05) is 0 Å². The van der Waals surface area contributed by atoms with Gasteiger partial charge in [0.15, 0.2) is 6.29 Å². The number of nitro benzene ring substituents is 1. The van der Waals surface area contributed by atoms with E-state index in [1.54, 1.807) is 18.2 Å². The van der Waals surface area contributed by atoms with Gasteiger partial charge < -0.3 is 0 Å². The maximum Gasteiger partial charge on any atom is 0.270 e. The predicted molar refractivity (Wildman–Crippen MR) is 69.0 cm³/mol. The van der Waals surface area contributed by atoms with Gasteiger partial charge in [-0.2, -0.15) is 0 Å². The average Bonchev–Trinajstić information content (AvgIpc) is 2.41.